The SMILES string of the molecule is CCCNCCc1cscc1Br. The minimum absolute atomic E-state index is 1.09. The largest absolute Gasteiger partial charge is 0.316 e. The molecule has 1 nitrogen and oxygen atoms in total. The molecule has 1 rings (SSSR count). The van der Waals surface area contributed by atoms with Crippen molar-refractivity contribution in [3.8, 4) is 0 Å². The molecule has 0 aromatic carbocycles. The Balaban J connectivity index is 2.20. The van der Waals surface area contributed by atoms with Gasteiger partial charge < -0.3 is 5.32 Å². The average Bonchev–Trinajstić information content (AvgIpc) is 2.46. The van der Waals surface area contributed by atoms with Gasteiger partial charge in [-0.15, -0.1) is 0 Å². The predicted octanol–water partition coefficient (Wildman–Crippen LogP) is 3.05. The van der Waals surface area contributed by atoms with Crippen LogP contribution in [0, 0.1) is 0 Å². The van der Waals surface area contributed by atoms with E-state index in [4.69, 9.17) is 0 Å². The van der Waals surface area contributed by atoms with Gasteiger partial charge in [0, 0.05) is 9.85 Å². The number of halogens is 1. The third-order valence-electron chi connectivity index (χ3n) is 1.69. The second-order valence-electron chi connectivity index (χ2n) is 2.74. The second-order valence-corrected chi connectivity index (χ2v) is 4.34. The number of thiophene rings is 1. The standard InChI is InChI=1S/C9H14BrNS/c1-2-4-11-5-3-8-6-12-7-9(8)10/h6-7,11H,2-5H2,1H3. The van der Waals surface area contributed by atoms with Gasteiger partial charge in [0.15, 0.2) is 0 Å². The Kier molecular flexibility index (Phi) is 4.88. The van der Waals surface area contributed by atoms with Crippen LogP contribution in [0.5, 0.6) is 0 Å². The topological polar surface area (TPSA) is 12.0 Å². The Hall–Kier alpha value is 0.140. The van der Waals surface area contributed by atoms with Crippen LogP contribution in [0.4, 0.5) is 0 Å². The molecule has 1 aromatic rings. The molecule has 0 spiro atoms. The highest BCUT2D eigenvalue weighted by molar-refractivity contribution is 9.10. The van der Waals surface area contributed by atoms with Crippen LogP contribution < -0.4 is 5.32 Å². The van der Waals surface area contributed by atoms with Gasteiger partial charge in [-0.3, -0.25) is 0 Å². The van der Waals surface area contributed by atoms with Crippen molar-refractivity contribution in [2.45, 2.75) is 19.8 Å². The molecule has 1 aromatic heterocycles. The number of hydrogen-bond acceptors (Lipinski definition) is 2. The van der Waals surface area contributed by atoms with Gasteiger partial charge in [-0.25, -0.2) is 0 Å². The lowest BCUT2D eigenvalue weighted by atomic mass is 10.2. The van der Waals surface area contributed by atoms with E-state index in [2.05, 4.69) is 38.9 Å². The molecule has 0 aliphatic heterocycles. The molecule has 0 atom stereocenters. The number of hydrogen-bond donors (Lipinski definition) is 1. The summed E-state index contributed by atoms with van der Waals surface area (Å²) in [5, 5.41) is 7.72. The highest BCUT2D eigenvalue weighted by Gasteiger charge is 1.98. The fourth-order valence-corrected chi connectivity index (χ4v) is 2.55. The summed E-state index contributed by atoms with van der Waals surface area (Å²) in [4.78, 5) is 0. The zero-order valence-corrected chi connectivity index (χ0v) is 9.67. The van der Waals surface area contributed by atoms with Crippen LogP contribution in [-0.4, -0.2) is 13.1 Å². The maximum absolute atomic E-state index is 3.52. The highest BCUT2D eigenvalue weighted by Crippen LogP contribution is 2.21. The zero-order valence-electron chi connectivity index (χ0n) is 7.27. The van der Waals surface area contributed by atoms with Gasteiger partial charge in [-0.05, 0) is 52.8 Å². The number of nitrogens with one attached hydrogen (secondary N) is 1. The van der Waals surface area contributed by atoms with Crippen molar-refractivity contribution in [2.24, 2.45) is 0 Å². The molecule has 0 radical (unpaired) electrons. The first-order chi connectivity index (χ1) is 5.84. The van der Waals surface area contributed by atoms with Crippen molar-refractivity contribution >= 4 is 27.3 Å². The first-order valence-corrected chi connectivity index (χ1v) is 5.99. The van der Waals surface area contributed by atoms with Crippen LogP contribution in [-0.2, 0) is 6.42 Å². The molecule has 12 heavy (non-hydrogen) atoms. The molecule has 0 unspecified atom stereocenters. The van der Waals surface area contributed by atoms with Crippen LogP contribution in [0.25, 0.3) is 0 Å². The Bertz CT molecular complexity index is 222. The van der Waals surface area contributed by atoms with E-state index in [1.54, 1.807) is 11.3 Å². The molecule has 0 amide bonds. The molecule has 0 fully saturated rings. The summed E-state index contributed by atoms with van der Waals surface area (Å²) in [5.74, 6) is 0. The van der Waals surface area contributed by atoms with Crippen molar-refractivity contribution in [3.05, 3.63) is 20.8 Å². The van der Waals surface area contributed by atoms with Crippen LogP contribution >= 0.6 is 27.3 Å². The predicted molar refractivity (Wildman–Crippen MR) is 58.9 cm³/mol. The van der Waals surface area contributed by atoms with E-state index in [9.17, 15) is 0 Å². The second kappa shape index (κ2) is 5.73. The van der Waals surface area contributed by atoms with Gasteiger partial charge in [-0.2, -0.15) is 11.3 Å². The van der Waals surface area contributed by atoms with Gasteiger partial charge in [0.25, 0.3) is 0 Å². The Morgan fingerprint density at radius 1 is 1.42 bits per heavy atom. The molecular formula is C9H14BrNS. The van der Waals surface area contributed by atoms with Crippen molar-refractivity contribution < 1.29 is 0 Å². The van der Waals surface area contributed by atoms with Crippen molar-refractivity contribution in [1.82, 2.24) is 5.32 Å². The molecule has 1 N–H and O–H groups in total. The quantitative estimate of drug-likeness (QED) is 0.790. The van der Waals surface area contributed by atoms with Crippen molar-refractivity contribution in [3.63, 3.8) is 0 Å². The zero-order chi connectivity index (χ0) is 8.81. The van der Waals surface area contributed by atoms with Crippen LogP contribution in [0.2, 0.25) is 0 Å². The van der Waals surface area contributed by atoms with E-state index in [1.807, 2.05) is 0 Å². The normalized spacial score (nSPS) is 10.5. The molecular weight excluding hydrogens is 234 g/mol. The van der Waals surface area contributed by atoms with Gasteiger partial charge >= 0.3 is 0 Å². The lowest BCUT2D eigenvalue weighted by Crippen LogP contribution is -2.17. The summed E-state index contributed by atoms with van der Waals surface area (Å²) in [6.45, 7) is 4.40. The smallest absolute Gasteiger partial charge is 0.0314 e. The van der Waals surface area contributed by atoms with Crippen molar-refractivity contribution in [2.75, 3.05) is 13.1 Å². The Morgan fingerprint density at radius 2 is 2.25 bits per heavy atom. The summed E-state index contributed by atoms with van der Waals surface area (Å²) < 4.78 is 1.26. The summed E-state index contributed by atoms with van der Waals surface area (Å²) >= 11 is 5.27. The van der Waals surface area contributed by atoms with E-state index >= 15 is 0 Å². The number of rotatable bonds is 5. The first kappa shape index (κ1) is 10.2. The molecule has 0 saturated carbocycles. The summed E-state index contributed by atoms with van der Waals surface area (Å²) in [6.07, 6.45) is 2.34. The Labute approximate surface area is 86.3 Å². The summed E-state index contributed by atoms with van der Waals surface area (Å²) in [5.41, 5.74) is 1.42. The molecule has 0 aliphatic rings. The molecule has 68 valence electrons. The highest BCUT2D eigenvalue weighted by atomic mass is 79.9. The lowest BCUT2D eigenvalue weighted by Gasteiger charge is -2.01. The van der Waals surface area contributed by atoms with Crippen LogP contribution in [0.1, 0.15) is 18.9 Å². The lowest BCUT2D eigenvalue weighted by molar-refractivity contribution is 0.671. The van der Waals surface area contributed by atoms with Gasteiger partial charge in [0.2, 0.25) is 0 Å². The van der Waals surface area contributed by atoms with Crippen LogP contribution in [0.3, 0.4) is 0 Å². The third kappa shape index (κ3) is 3.25. The maximum Gasteiger partial charge on any atom is 0.0314 e. The van der Waals surface area contributed by atoms with E-state index < -0.39 is 0 Å². The van der Waals surface area contributed by atoms with Crippen LogP contribution in [0.15, 0.2) is 15.2 Å². The van der Waals surface area contributed by atoms with Gasteiger partial charge in [-0.1, -0.05) is 6.92 Å². The van der Waals surface area contributed by atoms with E-state index in [-0.39, 0.29) is 0 Å². The fraction of sp³-hybridized carbons (Fsp3) is 0.556. The minimum atomic E-state index is 1.09. The molecule has 0 bridgehead atoms. The van der Waals surface area contributed by atoms with Gasteiger partial charge in [0.05, 0.1) is 0 Å². The molecule has 0 saturated heterocycles. The molecule has 0 aliphatic carbocycles. The third-order valence-corrected chi connectivity index (χ3v) is 3.52. The monoisotopic (exact) mass is 247 g/mol. The van der Waals surface area contributed by atoms with Crippen molar-refractivity contribution in [1.29, 1.82) is 0 Å². The molecule has 1 heterocycles. The van der Waals surface area contributed by atoms with Gasteiger partial charge in [0.1, 0.15) is 0 Å². The summed E-state index contributed by atoms with van der Waals surface area (Å²) in [6, 6.07) is 0. The molecule has 3 heteroatoms. The van der Waals surface area contributed by atoms with E-state index in [0.29, 0.717) is 0 Å². The average molecular weight is 248 g/mol. The fourth-order valence-electron chi connectivity index (χ4n) is 1.01. The van der Waals surface area contributed by atoms with E-state index in [0.717, 1.165) is 19.5 Å². The summed E-state index contributed by atoms with van der Waals surface area (Å²) in [7, 11) is 0. The minimum Gasteiger partial charge on any atom is -0.316 e. The van der Waals surface area contributed by atoms with E-state index in [1.165, 1.54) is 16.5 Å². The first-order valence-electron chi connectivity index (χ1n) is 4.26. The maximum atomic E-state index is 3.52. The Morgan fingerprint density at radius 3 is 2.83 bits per heavy atom.